The van der Waals surface area contributed by atoms with E-state index in [4.69, 9.17) is 10.5 Å². The SMILES string of the molecule is CCC(Oc1ccccc1)c1ccccc1C(O)C(N)=O. The number of aliphatic hydroxyl groups is 1. The zero-order chi connectivity index (χ0) is 15.2. The summed E-state index contributed by atoms with van der Waals surface area (Å²) >= 11 is 0. The molecule has 0 spiro atoms. The van der Waals surface area contributed by atoms with Crippen LogP contribution in [0.5, 0.6) is 5.75 Å². The molecule has 0 heterocycles. The van der Waals surface area contributed by atoms with Gasteiger partial charge in [-0.2, -0.15) is 0 Å². The molecule has 0 radical (unpaired) electrons. The summed E-state index contributed by atoms with van der Waals surface area (Å²) in [6.45, 7) is 1.99. The quantitative estimate of drug-likeness (QED) is 0.857. The van der Waals surface area contributed by atoms with E-state index in [1.54, 1.807) is 12.1 Å². The normalized spacial score (nSPS) is 13.4. The Morgan fingerprint density at radius 1 is 1.10 bits per heavy atom. The summed E-state index contributed by atoms with van der Waals surface area (Å²) in [7, 11) is 0. The molecule has 0 saturated heterocycles. The molecule has 110 valence electrons. The van der Waals surface area contributed by atoms with Gasteiger partial charge in [-0.05, 0) is 29.7 Å². The van der Waals surface area contributed by atoms with E-state index in [1.165, 1.54) is 0 Å². The highest BCUT2D eigenvalue weighted by Crippen LogP contribution is 2.30. The maximum atomic E-state index is 11.3. The monoisotopic (exact) mass is 285 g/mol. The standard InChI is InChI=1S/C17H19NO3/c1-2-15(21-12-8-4-3-5-9-12)13-10-6-7-11-14(13)16(19)17(18)20/h3-11,15-16,19H,2H2,1H3,(H2,18,20). The van der Waals surface area contributed by atoms with Crippen molar-refractivity contribution in [1.82, 2.24) is 0 Å². The van der Waals surface area contributed by atoms with E-state index in [1.807, 2.05) is 49.4 Å². The molecule has 0 aliphatic heterocycles. The Hall–Kier alpha value is -2.33. The van der Waals surface area contributed by atoms with Crippen LogP contribution < -0.4 is 10.5 Å². The second-order valence-electron chi connectivity index (χ2n) is 4.76. The van der Waals surface area contributed by atoms with Gasteiger partial charge in [0.2, 0.25) is 0 Å². The summed E-state index contributed by atoms with van der Waals surface area (Å²) < 4.78 is 5.96. The average Bonchev–Trinajstić information content (AvgIpc) is 2.53. The molecule has 2 atom stereocenters. The van der Waals surface area contributed by atoms with Gasteiger partial charge in [-0.3, -0.25) is 4.79 Å². The van der Waals surface area contributed by atoms with Crippen LogP contribution in [-0.4, -0.2) is 11.0 Å². The van der Waals surface area contributed by atoms with Gasteiger partial charge in [0.05, 0.1) is 0 Å². The van der Waals surface area contributed by atoms with Crippen molar-refractivity contribution in [3.8, 4) is 5.75 Å². The average molecular weight is 285 g/mol. The van der Waals surface area contributed by atoms with Gasteiger partial charge < -0.3 is 15.6 Å². The molecule has 4 heteroatoms. The van der Waals surface area contributed by atoms with Crippen LogP contribution in [0.4, 0.5) is 0 Å². The Morgan fingerprint density at radius 2 is 1.67 bits per heavy atom. The van der Waals surface area contributed by atoms with Crippen LogP contribution in [-0.2, 0) is 4.79 Å². The summed E-state index contributed by atoms with van der Waals surface area (Å²) in [6.07, 6.45) is -0.871. The van der Waals surface area contributed by atoms with Crippen molar-refractivity contribution in [2.24, 2.45) is 5.73 Å². The summed E-state index contributed by atoms with van der Waals surface area (Å²) in [5.74, 6) is -0.0234. The van der Waals surface area contributed by atoms with Crippen molar-refractivity contribution < 1.29 is 14.6 Å². The maximum Gasteiger partial charge on any atom is 0.250 e. The zero-order valence-electron chi connectivity index (χ0n) is 11.9. The number of hydrogen-bond donors (Lipinski definition) is 2. The van der Waals surface area contributed by atoms with Crippen LogP contribution in [0.2, 0.25) is 0 Å². The van der Waals surface area contributed by atoms with Crippen molar-refractivity contribution in [3.63, 3.8) is 0 Å². The lowest BCUT2D eigenvalue weighted by atomic mass is 9.96. The van der Waals surface area contributed by atoms with Crippen LogP contribution in [0, 0.1) is 0 Å². The van der Waals surface area contributed by atoms with E-state index in [0.717, 1.165) is 11.3 Å². The number of carbonyl (C=O) groups excluding carboxylic acids is 1. The molecule has 1 amide bonds. The first-order valence-electron chi connectivity index (χ1n) is 6.91. The number of hydrogen-bond acceptors (Lipinski definition) is 3. The molecule has 0 bridgehead atoms. The number of aliphatic hydroxyl groups excluding tert-OH is 1. The van der Waals surface area contributed by atoms with Crippen LogP contribution in [0.25, 0.3) is 0 Å². The highest BCUT2D eigenvalue weighted by atomic mass is 16.5. The first kappa shape index (κ1) is 15.1. The lowest BCUT2D eigenvalue weighted by molar-refractivity contribution is -0.126. The van der Waals surface area contributed by atoms with Crippen molar-refractivity contribution in [2.45, 2.75) is 25.6 Å². The Kier molecular flexibility index (Phi) is 4.95. The Bertz CT molecular complexity index is 598. The second kappa shape index (κ2) is 6.90. The molecule has 0 saturated carbocycles. The van der Waals surface area contributed by atoms with Crippen molar-refractivity contribution in [3.05, 3.63) is 65.7 Å². The smallest absolute Gasteiger partial charge is 0.250 e. The number of nitrogens with two attached hydrogens (primary N) is 1. The minimum atomic E-state index is -1.32. The van der Waals surface area contributed by atoms with E-state index in [0.29, 0.717) is 12.0 Å². The van der Waals surface area contributed by atoms with Gasteiger partial charge in [0, 0.05) is 0 Å². The number of rotatable bonds is 6. The number of benzene rings is 2. The minimum Gasteiger partial charge on any atom is -0.486 e. The number of para-hydroxylation sites is 1. The summed E-state index contributed by atoms with van der Waals surface area (Å²) in [5.41, 5.74) is 6.47. The molecular weight excluding hydrogens is 266 g/mol. The minimum absolute atomic E-state index is 0.252. The van der Waals surface area contributed by atoms with Gasteiger partial charge in [-0.15, -0.1) is 0 Å². The fourth-order valence-corrected chi connectivity index (χ4v) is 2.24. The van der Waals surface area contributed by atoms with Crippen molar-refractivity contribution in [1.29, 1.82) is 0 Å². The molecule has 0 aliphatic carbocycles. The molecule has 2 rings (SSSR count). The number of ether oxygens (including phenoxy) is 1. The van der Waals surface area contributed by atoms with Crippen LogP contribution in [0.3, 0.4) is 0 Å². The molecule has 0 aromatic heterocycles. The predicted molar refractivity (Wildman–Crippen MR) is 80.7 cm³/mol. The third-order valence-corrected chi connectivity index (χ3v) is 3.30. The van der Waals surface area contributed by atoms with E-state index in [2.05, 4.69) is 0 Å². The number of amides is 1. The zero-order valence-corrected chi connectivity index (χ0v) is 11.9. The Labute approximate surface area is 124 Å². The fourth-order valence-electron chi connectivity index (χ4n) is 2.24. The third kappa shape index (κ3) is 3.61. The summed E-state index contributed by atoms with van der Waals surface area (Å²) in [6, 6.07) is 16.6. The fraction of sp³-hybridized carbons (Fsp3) is 0.235. The lowest BCUT2D eigenvalue weighted by Gasteiger charge is -2.22. The molecule has 3 N–H and O–H groups in total. The Morgan fingerprint density at radius 3 is 2.24 bits per heavy atom. The molecule has 2 aromatic rings. The summed E-state index contributed by atoms with van der Waals surface area (Å²) in [4.78, 5) is 11.3. The van der Waals surface area contributed by atoms with Crippen LogP contribution in [0.15, 0.2) is 54.6 Å². The maximum absolute atomic E-state index is 11.3. The highest BCUT2D eigenvalue weighted by molar-refractivity contribution is 5.80. The van der Waals surface area contributed by atoms with E-state index in [-0.39, 0.29) is 6.10 Å². The van der Waals surface area contributed by atoms with Crippen molar-refractivity contribution >= 4 is 5.91 Å². The topological polar surface area (TPSA) is 72.6 Å². The van der Waals surface area contributed by atoms with Gasteiger partial charge in [0.25, 0.3) is 5.91 Å². The van der Waals surface area contributed by atoms with Gasteiger partial charge in [0.1, 0.15) is 11.9 Å². The van der Waals surface area contributed by atoms with E-state index < -0.39 is 12.0 Å². The van der Waals surface area contributed by atoms with Crippen molar-refractivity contribution in [2.75, 3.05) is 0 Å². The van der Waals surface area contributed by atoms with Crippen LogP contribution in [0.1, 0.15) is 36.7 Å². The van der Waals surface area contributed by atoms with E-state index >= 15 is 0 Å². The van der Waals surface area contributed by atoms with E-state index in [9.17, 15) is 9.90 Å². The highest BCUT2D eigenvalue weighted by Gasteiger charge is 2.22. The third-order valence-electron chi connectivity index (χ3n) is 3.30. The molecule has 0 aliphatic rings. The lowest BCUT2D eigenvalue weighted by Crippen LogP contribution is -2.23. The van der Waals surface area contributed by atoms with Gasteiger partial charge in [-0.1, -0.05) is 49.4 Å². The van der Waals surface area contributed by atoms with Gasteiger partial charge in [-0.25, -0.2) is 0 Å². The molecule has 2 unspecified atom stereocenters. The second-order valence-corrected chi connectivity index (χ2v) is 4.76. The first-order valence-corrected chi connectivity index (χ1v) is 6.91. The first-order chi connectivity index (χ1) is 10.1. The number of primary amides is 1. The number of carbonyl (C=O) groups is 1. The molecule has 4 nitrogen and oxygen atoms in total. The predicted octanol–water partition coefficient (Wildman–Crippen LogP) is 2.74. The molecule has 21 heavy (non-hydrogen) atoms. The molecule has 0 fully saturated rings. The Balaban J connectivity index is 2.32. The summed E-state index contributed by atoms with van der Waals surface area (Å²) in [5, 5.41) is 9.96. The molecular formula is C17H19NO3. The van der Waals surface area contributed by atoms with Gasteiger partial charge >= 0.3 is 0 Å². The molecule has 2 aromatic carbocycles. The largest absolute Gasteiger partial charge is 0.486 e. The van der Waals surface area contributed by atoms with Gasteiger partial charge in [0.15, 0.2) is 6.10 Å². The van der Waals surface area contributed by atoms with Crippen LogP contribution >= 0.6 is 0 Å².